The molecular weight excluding hydrogens is 508 g/mol. The van der Waals surface area contributed by atoms with Crippen molar-refractivity contribution in [2.45, 2.75) is 17.2 Å². The molecule has 0 heterocycles. The molecule has 0 saturated heterocycles. The molecule has 16 N–H and O–H groups in total. The fourth-order valence-corrected chi connectivity index (χ4v) is 6.87. The Morgan fingerprint density at radius 2 is 0.556 bits per heavy atom. The molecular formula is C3H24Na4O16P4. The summed E-state index contributed by atoms with van der Waals surface area (Å²) in [5.74, 6) is 0. The van der Waals surface area contributed by atoms with Gasteiger partial charge in [-0.1, -0.05) is 0 Å². The van der Waals surface area contributed by atoms with Crippen molar-refractivity contribution in [1.29, 1.82) is 0 Å². The zero-order valence-corrected chi connectivity index (χ0v) is 14.4. The van der Waals surface area contributed by atoms with E-state index in [2.05, 4.69) is 0 Å². The van der Waals surface area contributed by atoms with Crippen LogP contribution in [0.5, 0.6) is 0 Å². The van der Waals surface area contributed by atoms with Gasteiger partial charge in [0.25, 0.3) is 0 Å². The van der Waals surface area contributed by atoms with Gasteiger partial charge in [0.05, 0.1) is 0 Å². The molecule has 27 heavy (non-hydrogen) atoms. The second kappa shape index (κ2) is 21.0. The van der Waals surface area contributed by atoms with Crippen LogP contribution in [0.4, 0.5) is 0 Å². The van der Waals surface area contributed by atoms with Gasteiger partial charge in [0, 0.05) is 0 Å². The predicted octanol–water partition coefficient (Wildman–Crippen LogP) is -7.15. The van der Waals surface area contributed by atoms with Crippen molar-refractivity contribution >= 4 is 149 Å². The van der Waals surface area contributed by atoms with Crippen LogP contribution in [-0.4, -0.2) is 190 Å². The molecule has 0 aliphatic heterocycles. The predicted molar refractivity (Wildman–Crippen MR) is 103 cm³/mol. The average Bonchev–Trinajstić information content (AvgIpc) is 1.91. The summed E-state index contributed by atoms with van der Waals surface area (Å²) < 4.78 is 43.5. The standard InChI is InChI=1S/C3H12O12P4.4Na.4H2O.4H/c4-16(5,6)2(17(7,8)9)1-3(18(10,11)12)19(13,14)15;;;;;;;;;;;;/h2-3H,1H2,(H2,4,5,6)(H2,7,8,9)(H2,10,11,12)(H2,13,14,15);;;;;4*1H2;;;;. The van der Waals surface area contributed by atoms with Crippen molar-refractivity contribution in [2.24, 2.45) is 0 Å². The Labute approximate surface area is 241 Å². The molecule has 0 aliphatic rings. The van der Waals surface area contributed by atoms with Gasteiger partial charge in [-0.3, -0.25) is 18.3 Å². The van der Waals surface area contributed by atoms with Crippen LogP contribution in [0, 0.1) is 0 Å². The zero-order chi connectivity index (χ0) is 15.9. The Hall–Kier alpha value is 4.44. The molecule has 0 atom stereocenters. The molecule has 156 valence electrons. The minimum atomic E-state index is -5.54. The van der Waals surface area contributed by atoms with Crippen LogP contribution >= 0.6 is 30.4 Å². The quantitative estimate of drug-likeness (QED) is 0.117. The molecule has 0 unspecified atom stereocenters. The SMILES string of the molecule is O.O.O.O.O=P(O)(O)C(CC(P(=O)(O)O)P(=O)(O)O)P(=O)(O)O.[NaH].[NaH].[NaH].[NaH]. The van der Waals surface area contributed by atoms with Gasteiger partial charge in [-0.2, -0.15) is 0 Å². The van der Waals surface area contributed by atoms with E-state index in [1.54, 1.807) is 0 Å². The van der Waals surface area contributed by atoms with Crippen molar-refractivity contribution in [3.05, 3.63) is 0 Å². The van der Waals surface area contributed by atoms with E-state index in [1.807, 2.05) is 0 Å². The summed E-state index contributed by atoms with van der Waals surface area (Å²) in [7, 11) is -22.2. The van der Waals surface area contributed by atoms with Crippen molar-refractivity contribution in [3.8, 4) is 0 Å². The molecule has 24 heteroatoms. The first-order chi connectivity index (χ1) is 7.97. The molecule has 0 bridgehead atoms. The fraction of sp³-hybridized carbons (Fsp3) is 1.00. The minimum absolute atomic E-state index is 0. The monoisotopic (exact) mass is 532 g/mol. The summed E-state index contributed by atoms with van der Waals surface area (Å²) in [5, 5.41) is -5.82. The first kappa shape index (κ1) is 57.9. The van der Waals surface area contributed by atoms with Crippen LogP contribution < -0.4 is 0 Å². The summed E-state index contributed by atoms with van der Waals surface area (Å²) in [6.07, 6.45) is -1.73. The van der Waals surface area contributed by atoms with Gasteiger partial charge < -0.3 is 61.1 Å². The summed E-state index contributed by atoms with van der Waals surface area (Å²) in [5.41, 5.74) is 0. The van der Waals surface area contributed by atoms with Gasteiger partial charge in [-0.05, 0) is 6.42 Å². The van der Waals surface area contributed by atoms with Crippen LogP contribution in [0.3, 0.4) is 0 Å². The molecule has 0 aromatic rings. The third kappa shape index (κ3) is 23.4. The maximum absolute atomic E-state index is 10.9. The van der Waals surface area contributed by atoms with E-state index in [0.717, 1.165) is 0 Å². The van der Waals surface area contributed by atoms with Gasteiger partial charge >= 0.3 is 149 Å². The van der Waals surface area contributed by atoms with Crippen LogP contribution in [0.25, 0.3) is 0 Å². The Kier molecular flexibility index (Phi) is 45.0. The molecule has 0 rings (SSSR count). The second-order valence-electron chi connectivity index (χ2n) is 3.55. The van der Waals surface area contributed by atoms with E-state index in [1.165, 1.54) is 0 Å². The van der Waals surface area contributed by atoms with Crippen molar-refractivity contribution in [1.82, 2.24) is 0 Å². The molecule has 0 amide bonds. The van der Waals surface area contributed by atoms with E-state index < -0.39 is 47.6 Å². The van der Waals surface area contributed by atoms with E-state index >= 15 is 0 Å². The van der Waals surface area contributed by atoms with E-state index in [0.29, 0.717) is 0 Å². The van der Waals surface area contributed by atoms with Gasteiger partial charge in [0.15, 0.2) is 10.8 Å². The van der Waals surface area contributed by atoms with Crippen molar-refractivity contribution in [3.63, 3.8) is 0 Å². The number of rotatable bonds is 6. The van der Waals surface area contributed by atoms with Gasteiger partial charge in [-0.25, -0.2) is 0 Å². The molecule has 0 spiro atoms. The average molecular weight is 532 g/mol. The Morgan fingerprint density at radius 1 is 0.444 bits per heavy atom. The van der Waals surface area contributed by atoms with Crippen LogP contribution in [0.1, 0.15) is 6.42 Å². The Morgan fingerprint density at radius 3 is 0.630 bits per heavy atom. The topological polar surface area (TPSA) is 356 Å². The zero-order valence-electron chi connectivity index (χ0n) is 10.9. The van der Waals surface area contributed by atoms with Crippen LogP contribution in [0.2, 0.25) is 0 Å². The van der Waals surface area contributed by atoms with Crippen molar-refractivity contribution < 1.29 is 79.3 Å². The molecule has 0 aromatic carbocycles. The Balaban J connectivity index is -0.0000000579. The van der Waals surface area contributed by atoms with Crippen LogP contribution in [0.15, 0.2) is 0 Å². The first-order valence-corrected chi connectivity index (χ1v) is 10.9. The fourth-order valence-electron chi connectivity index (χ4n) is 1.13. The maximum atomic E-state index is 10.9. The summed E-state index contributed by atoms with van der Waals surface area (Å²) in [4.78, 5) is 69.7. The van der Waals surface area contributed by atoms with Crippen LogP contribution in [-0.2, 0) is 18.3 Å². The molecule has 0 saturated carbocycles. The molecule has 16 nitrogen and oxygen atoms in total. The third-order valence-corrected chi connectivity index (χ3v) is 9.53. The molecule has 0 aliphatic carbocycles. The van der Waals surface area contributed by atoms with E-state index in [9.17, 15) is 18.3 Å². The number of hydrogen-bond acceptors (Lipinski definition) is 4. The first-order valence-electron chi connectivity index (χ1n) is 4.18. The van der Waals surface area contributed by atoms with E-state index in [-0.39, 0.29) is 140 Å². The summed E-state index contributed by atoms with van der Waals surface area (Å²) >= 11 is 0. The number of hydrogen-bond donors (Lipinski definition) is 8. The second-order valence-corrected chi connectivity index (χ2v) is 11.6. The van der Waals surface area contributed by atoms with Crippen molar-refractivity contribution in [2.75, 3.05) is 0 Å². The van der Waals surface area contributed by atoms with Gasteiger partial charge in [0.1, 0.15) is 0 Å². The third-order valence-electron chi connectivity index (χ3n) is 1.97. The molecule has 0 aromatic heterocycles. The normalized spacial score (nSPS) is 10.7. The summed E-state index contributed by atoms with van der Waals surface area (Å²) in [6, 6.07) is 0. The van der Waals surface area contributed by atoms with E-state index in [4.69, 9.17) is 39.1 Å². The Bertz CT molecular complexity index is 428. The van der Waals surface area contributed by atoms with Gasteiger partial charge in [0.2, 0.25) is 0 Å². The summed E-state index contributed by atoms with van der Waals surface area (Å²) in [6.45, 7) is 0. The molecule has 0 fully saturated rings. The van der Waals surface area contributed by atoms with Gasteiger partial charge in [-0.15, -0.1) is 0 Å². The molecule has 0 radical (unpaired) electrons.